The molecule has 1 aromatic heterocycles. The first-order valence-corrected chi connectivity index (χ1v) is 5.95. The number of rotatable bonds is 4. The molecule has 0 spiro atoms. The third kappa shape index (κ3) is 3.33. The SMILES string of the molecule is COc1ncccc1NC(=O)NC[C@@H]1CCCO1. The van der Waals surface area contributed by atoms with Crippen molar-refractivity contribution in [1.82, 2.24) is 10.3 Å². The van der Waals surface area contributed by atoms with E-state index in [9.17, 15) is 4.79 Å². The lowest BCUT2D eigenvalue weighted by atomic mass is 10.2. The minimum absolute atomic E-state index is 0.131. The average molecular weight is 251 g/mol. The molecule has 1 aromatic rings. The first-order chi connectivity index (χ1) is 8.79. The minimum atomic E-state index is -0.281. The van der Waals surface area contributed by atoms with Gasteiger partial charge in [0.25, 0.3) is 0 Å². The van der Waals surface area contributed by atoms with E-state index in [0.717, 1.165) is 19.4 Å². The molecule has 2 rings (SSSR count). The van der Waals surface area contributed by atoms with Gasteiger partial charge in [-0.2, -0.15) is 0 Å². The molecule has 98 valence electrons. The van der Waals surface area contributed by atoms with Crippen molar-refractivity contribution in [2.75, 3.05) is 25.6 Å². The Morgan fingerprint density at radius 3 is 3.28 bits per heavy atom. The van der Waals surface area contributed by atoms with E-state index >= 15 is 0 Å². The second-order valence-corrected chi connectivity index (χ2v) is 4.03. The lowest BCUT2D eigenvalue weighted by Crippen LogP contribution is -2.35. The molecular weight excluding hydrogens is 234 g/mol. The number of ether oxygens (including phenoxy) is 2. The maximum atomic E-state index is 11.7. The van der Waals surface area contributed by atoms with Crippen molar-refractivity contribution >= 4 is 11.7 Å². The summed E-state index contributed by atoms with van der Waals surface area (Å²) in [6, 6.07) is 3.19. The fourth-order valence-corrected chi connectivity index (χ4v) is 1.83. The first kappa shape index (κ1) is 12.6. The van der Waals surface area contributed by atoms with Gasteiger partial charge < -0.3 is 20.1 Å². The van der Waals surface area contributed by atoms with Crippen molar-refractivity contribution in [1.29, 1.82) is 0 Å². The molecule has 0 unspecified atom stereocenters. The number of carbonyl (C=O) groups excluding carboxylic acids is 1. The summed E-state index contributed by atoms with van der Waals surface area (Å²) < 4.78 is 10.5. The van der Waals surface area contributed by atoms with Crippen molar-refractivity contribution in [3.05, 3.63) is 18.3 Å². The molecule has 0 bridgehead atoms. The lowest BCUT2D eigenvalue weighted by molar-refractivity contribution is 0.112. The van der Waals surface area contributed by atoms with E-state index in [4.69, 9.17) is 9.47 Å². The Morgan fingerprint density at radius 2 is 2.56 bits per heavy atom. The number of hydrogen-bond donors (Lipinski definition) is 2. The Kier molecular flexibility index (Phi) is 4.35. The van der Waals surface area contributed by atoms with Crippen molar-refractivity contribution in [3.8, 4) is 5.88 Å². The van der Waals surface area contributed by atoms with Crippen LogP contribution < -0.4 is 15.4 Å². The van der Waals surface area contributed by atoms with Crippen molar-refractivity contribution in [2.45, 2.75) is 18.9 Å². The summed E-state index contributed by atoms with van der Waals surface area (Å²) in [5.74, 6) is 0.393. The standard InChI is InChI=1S/C12H17N3O3/c1-17-11-10(5-2-6-13-11)15-12(16)14-8-9-4-3-7-18-9/h2,5-6,9H,3-4,7-8H2,1H3,(H2,14,15,16)/t9-/m0/s1. The van der Waals surface area contributed by atoms with Crippen LogP contribution in [0.3, 0.4) is 0 Å². The van der Waals surface area contributed by atoms with E-state index < -0.39 is 0 Å². The predicted octanol–water partition coefficient (Wildman–Crippen LogP) is 1.39. The van der Waals surface area contributed by atoms with Crippen LogP contribution in [-0.4, -0.2) is 37.4 Å². The molecule has 0 aromatic carbocycles. The number of hydrogen-bond acceptors (Lipinski definition) is 4. The third-order valence-corrected chi connectivity index (χ3v) is 2.73. The van der Waals surface area contributed by atoms with E-state index in [0.29, 0.717) is 18.1 Å². The molecule has 2 N–H and O–H groups in total. The molecule has 0 saturated carbocycles. The molecule has 1 atom stereocenters. The zero-order valence-corrected chi connectivity index (χ0v) is 10.3. The molecule has 1 fully saturated rings. The number of nitrogens with zero attached hydrogens (tertiary/aromatic N) is 1. The van der Waals surface area contributed by atoms with Crippen molar-refractivity contribution < 1.29 is 14.3 Å². The Hall–Kier alpha value is -1.82. The summed E-state index contributed by atoms with van der Waals surface area (Å²) in [7, 11) is 1.51. The number of methoxy groups -OCH3 is 1. The predicted molar refractivity (Wildman–Crippen MR) is 66.8 cm³/mol. The van der Waals surface area contributed by atoms with Crippen LogP contribution in [0.15, 0.2) is 18.3 Å². The van der Waals surface area contributed by atoms with Crippen LogP contribution in [0.4, 0.5) is 10.5 Å². The monoisotopic (exact) mass is 251 g/mol. The van der Waals surface area contributed by atoms with Crippen LogP contribution in [0.1, 0.15) is 12.8 Å². The maximum absolute atomic E-state index is 11.7. The molecule has 0 aliphatic carbocycles. The van der Waals surface area contributed by atoms with Gasteiger partial charge in [-0.25, -0.2) is 9.78 Å². The Labute approximate surface area is 106 Å². The van der Waals surface area contributed by atoms with Gasteiger partial charge >= 0.3 is 6.03 Å². The zero-order valence-electron chi connectivity index (χ0n) is 10.3. The third-order valence-electron chi connectivity index (χ3n) is 2.73. The first-order valence-electron chi connectivity index (χ1n) is 5.95. The lowest BCUT2D eigenvalue weighted by Gasteiger charge is -2.12. The van der Waals surface area contributed by atoms with Crippen LogP contribution >= 0.6 is 0 Å². The number of aromatic nitrogens is 1. The molecule has 2 amide bonds. The van der Waals surface area contributed by atoms with Crippen molar-refractivity contribution in [3.63, 3.8) is 0 Å². The summed E-state index contributed by atoms with van der Waals surface area (Å²) in [5.41, 5.74) is 0.546. The molecule has 1 aliphatic heterocycles. The van der Waals surface area contributed by atoms with E-state index in [2.05, 4.69) is 15.6 Å². The number of pyridine rings is 1. The Morgan fingerprint density at radius 1 is 1.67 bits per heavy atom. The van der Waals surface area contributed by atoms with Crippen LogP contribution in [0.5, 0.6) is 5.88 Å². The minimum Gasteiger partial charge on any atom is -0.480 e. The molecular formula is C12H17N3O3. The quantitative estimate of drug-likeness (QED) is 0.848. The van der Waals surface area contributed by atoms with Gasteiger partial charge in [0.1, 0.15) is 5.69 Å². The molecule has 18 heavy (non-hydrogen) atoms. The highest BCUT2D eigenvalue weighted by Gasteiger charge is 2.16. The second-order valence-electron chi connectivity index (χ2n) is 4.03. The van der Waals surface area contributed by atoms with Crippen LogP contribution in [0, 0.1) is 0 Å². The van der Waals surface area contributed by atoms with Crippen molar-refractivity contribution in [2.24, 2.45) is 0 Å². The van der Waals surface area contributed by atoms with Crippen LogP contribution in [-0.2, 0) is 4.74 Å². The fraction of sp³-hybridized carbons (Fsp3) is 0.500. The molecule has 1 aliphatic rings. The highest BCUT2D eigenvalue weighted by atomic mass is 16.5. The largest absolute Gasteiger partial charge is 0.480 e. The number of carbonyl (C=O) groups is 1. The van der Waals surface area contributed by atoms with Gasteiger partial charge in [-0.05, 0) is 25.0 Å². The van der Waals surface area contributed by atoms with Gasteiger partial charge in [-0.3, -0.25) is 0 Å². The number of anilines is 1. The second kappa shape index (κ2) is 6.20. The summed E-state index contributed by atoms with van der Waals surface area (Å²) in [6.07, 6.45) is 3.79. The van der Waals surface area contributed by atoms with E-state index in [1.807, 2.05) is 0 Å². The van der Waals surface area contributed by atoms with Gasteiger partial charge in [0.05, 0.1) is 13.2 Å². The van der Waals surface area contributed by atoms with E-state index in [-0.39, 0.29) is 12.1 Å². The van der Waals surface area contributed by atoms with Gasteiger partial charge in [-0.1, -0.05) is 0 Å². The molecule has 1 saturated heterocycles. The van der Waals surface area contributed by atoms with Gasteiger partial charge in [0.2, 0.25) is 5.88 Å². The normalized spacial score (nSPS) is 18.4. The van der Waals surface area contributed by atoms with Gasteiger partial charge in [0.15, 0.2) is 0 Å². The number of amides is 2. The van der Waals surface area contributed by atoms with Gasteiger partial charge in [0, 0.05) is 19.3 Å². The van der Waals surface area contributed by atoms with Crippen LogP contribution in [0.2, 0.25) is 0 Å². The maximum Gasteiger partial charge on any atom is 0.319 e. The van der Waals surface area contributed by atoms with E-state index in [1.54, 1.807) is 18.3 Å². The number of urea groups is 1. The molecule has 6 heteroatoms. The van der Waals surface area contributed by atoms with Gasteiger partial charge in [-0.15, -0.1) is 0 Å². The molecule has 2 heterocycles. The Balaban J connectivity index is 1.82. The van der Waals surface area contributed by atoms with Crippen LogP contribution in [0.25, 0.3) is 0 Å². The summed E-state index contributed by atoms with van der Waals surface area (Å²) in [5, 5.41) is 5.46. The Bertz CT molecular complexity index is 405. The molecule has 0 radical (unpaired) electrons. The zero-order chi connectivity index (χ0) is 12.8. The molecule has 6 nitrogen and oxygen atoms in total. The fourth-order valence-electron chi connectivity index (χ4n) is 1.83. The van der Waals surface area contributed by atoms with E-state index in [1.165, 1.54) is 7.11 Å². The summed E-state index contributed by atoms with van der Waals surface area (Å²) >= 11 is 0. The summed E-state index contributed by atoms with van der Waals surface area (Å²) in [6.45, 7) is 1.30. The highest BCUT2D eigenvalue weighted by Crippen LogP contribution is 2.19. The summed E-state index contributed by atoms with van der Waals surface area (Å²) in [4.78, 5) is 15.7. The number of nitrogens with one attached hydrogen (secondary N) is 2. The highest BCUT2D eigenvalue weighted by molar-refractivity contribution is 5.90. The topological polar surface area (TPSA) is 72.5 Å². The average Bonchev–Trinajstić information content (AvgIpc) is 2.90. The smallest absolute Gasteiger partial charge is 0.319 e.